The van der Waals surface area contributed by atoms with Crippen molar-refractivity contribution in [3.05, 3.63) is 64.3 Å². The quantitative estimate of drug-likeness (QED) is 0.617. The molecule has 0 aliphatic heterocycles. The first-order valence-corrected chi connectivity index (χ1v) is 9.07. The van der Waals surface area contributed by atoms with Crippen LogP contribution in [0.2, 0.25) is 0 Å². The molecule has 0 saturated carbocycles. The molecule has 27 heavy (non-hydrogen) atoms. The summed E-state index contributed by atoms with van der Waals surface area (Å²) in [6, 6.07) is 14.4. The number of halogens is 1. The zero-order valence-corrected chi connectivity index (χ0v) is 16.7. The number of nitrogens with one attached hydrogen (secondary N) is 1. The number of carbonyl (C=O) groups excluding carboxylic acids is 1. The molecule has 2 aromatic carbocycles. The minimum atomic E-state index is -0.324. The molecule has 1 unspecified atom stereocenters. The maximum Gasteiger partial charge on any atom is 0.273 e. The number of aromatic nitrogens is 1. The van der Waals surface area contributed by atoms with E-state index in [0.29, 0.717) is 22.8 Å². The van der Waals surface area contributed by atoms with E-state index in [2.05, 4.69) is 26.4 Å². The molecule has 7 heteroatoms. The fraction of sp³-hybridized carbons (Fsp3) is 0.200. The minimum Gasteiger partial charge on any atom is -0.497 e. The number of amides is 1. The highest BCUT2D eigenvalue weighted by Crippen LogP contribution is 2.34. The topological polar surface area (TPSA) is 73.6 Å². The SMILES string of the molecule is COc1ccc(OC)c(-c2cc(C(=O)NC(C)c3ccccc3Br)no2)c1. The fourth-order valence-electron chi connectivity index (χ4n) is 2.69. The van der Waals surface area contributed by atoms with Crippen molar-refractivity contribution >= 4 is 21.8 Å². The monoisotopic (exact) mass is 430 g/mol. The van der Waals surface area contributed by atoms with Crippen molar-refractivity contribution < 1.29 is 18.8 Å². The molecule has 0 fully saturated rings. The van der Waals surface area contributed by atoms with Gasteiger partial charge in [-0.2, -0.15) is 0 Å². The molecule has 0 saturated heterocycles. The maximum atomic E-state index is 12.6. The van der Waals surface area contributed by atoms with Crippen molar-refractivity contribution in [2.75, 3.05) is 14.2 Å². The van der Waals surface area contributed by atoms with Gasteiger partial charge in [0, 0.05) is 10.5 Å². The van der Waals surface area contributed by atoms with Gasteiger partial charge in [0.2, 0.25) is 0 Å². The first-order valence-electron chi connectivity index (χ1n) is 8.28. The smallest absolute Gasteiger partial charge is 0.273 e. The van der Waals surface area contributed by atoms with Crippen molar-refractivity contribution in [2.24, 2.45) is 0 Å². The normalized spacial score (nSPS) is 11.7. The lowest BCUT2D eigenvalue weighted by Gasteiger charge is -2.14. The van der Waals surface area contributed by atoms with E-state index in [0.717, 1.165) is 10.0 Å². The molecular weight excluding hydrogens is 412 g/mol. The van der Waals surface area contributed by atoms with Gasteiger partial charge >= 0.3 is 0 Å². The van der Waals surface area contributed by atoms with Crippen LogP contribution in [0.5, 0.6) is 11.5 Å². The van der Waals surface area contributed by atoms with E-state index in [1.165, 1.54) is 0 Å². The van der Waals surface area contributed by atoms with E-state index in [-0.39, 0.29) is 17.6 Å². The highest BCUT2D eigenvalue weighted by atomic mass is 79.9. The fourth-order valence-corrected chi connectivity index (χ4v) is 3.32. The third kappa shape index (κ3) is 4.14. The largest absolute Gasteiger partial charge is 0.497 e. The Morgan fingerprint density at radius 2 is 1.93 bits per heavy atom. The Morgan fingerprint density at radius 1 is 1.15 bits per heavy atom. The second-order valence-corrected chi connectivity index (χ2v) is 6.71. The average Bonchev–Trinajstić information content (AvgIpc) is 3.18. The molecule has 1 heterocycles. The van der Waals surface area contributed by atoms with Gasteiger partial charge in [0.05, 0.1) is 25.8 Å². The van der Waals surface area contributed by atoms with Crippen LogP contribution in [-0.4, -0.2) is 25.3 Å². The number of methoxy groups -OCH3 is 2. The Hall–Kier alpha value is -2.80. The van der Waals surface area contributed by atoms with E-state index in [4.69, 9.17) is 14.0 Å². The van der Waals surface area contributed by atoms with Crippen LogP contribution in [0.15, 0.2) is 57.5 Å². The van der Waals surface area contributed by atoms with Crippen LogP contribution in [0.25, 0.3) is 11.3 Å². The molecule has 0 spiro atoms. The molecule has 0 aliphatic rings. The molecular formula is C20H19BrN2O4. The summed E-state index contributed by atoms with van der Waals surface area (Å²) in [5.74, 6) is 1.34. The molecule has 0 bridgehead atoms. The first kappa shape index (κ1) is 19.0. The third-order valence-electron chi connectivity index (χ3n) is 4.13. The Labute approximate surface area is 165 Å². The Bertz CT molecular complexity index is 955. The highest BCUT2D eigenvalue weighted by Gasteiger charge is 2.19. The molecule has 1 N–H and O–H groups in total. The van der Waals surface area contributed by atoms with Gasteiger partial charge in [0.25, 0.3) is 5.91 Å². The minimum absolute atomic E-state index is 0.189. The summed E-state index contributed by atoms with van der Waals surface area (Å²) in [6.07, 6.45) is 0. The predicted octanol–water partition coefficient (Wildman–Crippen LogP) is 4.61. The summed E-state index contributed by atoms with van der Waals surface area (Å²) in [4.78, 5) is 12.6. The zero-order valence-electron chi connectivity index (χ0n) is 15.2. The summed E-state index contributed by atoms with van der Waals surface area (Å²) in [5, 5.41) is 6.82. The van der Waals surface area contributed by atoms with Crippen molar-refractivity contribution in [3.63, 3.8) is 0 Å². The van der Waals surface area contributed by atoms with Crippen LogP contribution >= 0.6 is 15.9 Å². The molecule has 1 amide bonds. The van der Waals surface area contributed by atoms with E-state index in [9.17, 15) is 4.79 Å². The van der Waals surface area contributed by atoms with Crippen LogP contribution < -0.4 is 14.8 Å². The number of benzene rings is 2. The summed E-state index contributed by atoms with van der Waals surface area (Å²) in [5.41, 5.74) is 1.82. The van der Waals surface area contributed by atoms with Crippen molar-refractivity contribution in [2.45, 2.75) is 13.0 Å². The number of hydrogen-bond acceptors (Lipinski definition) is 5. The van der Waals surface area contributed by atoms with Crippen molar-refractivity contribution in [3.8, 4) is 22.8 Å². The van der Waals surface area contributed by atoms with Crippen LogP contribution in [0.3, 0.4) is 0 Å². The highest BCUT2D eigenvalue weighted by molar-refractivity contribution is 9.10. The van der Waals surface area contributed by atoms with E-state index >= 15 is 0 Å². The lowest BCUT2D eigenvalue weighted by Crippen LogP contribution is -2.27. The number of ether oxygens (including phenoxy) is 2. The third-order valence-corrected chi connectivity index (χ3v) is 4.86. The first-order chi connectivity index (χ1) is 13.0. The van der Waals surface area contributed by atoms with Crippen LogP contribution in [0.4, 0.5) is 0 Å². The number of nitrogens with zero attached hydrogens (tertiary/aromatic N) is 1. The summed E-state index contributed by atoms with van der Waals surface area (Å²) >= 11 is 3.50. The molecule has 1 atom stereocenters. The summed E-state index contributed by atoms with van der Waals surface area (Å²) < 4.78 is 16.9. The Balaban J connectivity index is 1.81. The molecule has 0 aliphatic carbocycles. The van der Waals surface area contributed by atoms with Crippen LogP contribution in [0.1, 0.15) is 29.0 Å². The predicted molar refractivity (Wildman–Crippen MR) is 105 cm³/mol. The molecule has 3 aromatic rings. The Kier molecular flexibility index (Phi) is 5.81. The van der Waals surface area contributed by atoms with Gasteiger partial charge in [-0.15, -0.1) is 0 Å². The molecule has 140 valence electrons. The molecule has 3 rings (SSSR count). The van der Waals surface area contributed by atoms with E-state index < -0.39 is 0 Å². The van der Waals surface area contributed by atoms with Gasteiger partial charge in [-0.1, -0.05) is 39.3 Å². The summed E-state index contributed by atoms with van der Waals surface area (Å²) in [6.45, 7) is 1.91. The number of rotatable bonds is 6. The molecule has 1 aromatic heterocycles. The molecule has 6 nitrogen and oxygen atoms in total. The number of carbonyl (C=O) groups is 1. The second-order valence-electron chi connectivity index (χ2n) is 5.86. The standard InChI is InChI=1S/C20H19BrN2O4/c1-12(14-6-4-5-7-16(14)21)22-20(24)17-11-19(27-23-17)15-10-13(25-2)8-9-18(15)26-3/h4-12H,1-3H3,(H,22,24). The lowest BCUT2D eigenvalue weighted by molar-refractivity contribution is 0.0930. The van der Waals surface area contributed by atoms with Gasteiger partial charge in [-0.3, -0.25) is 4.79 Å². The maximum absolute atomic E-state index is 12.6. The lowest BCUT2D eigenvalue weighted by atomic mass is 10.1. The molecule has 0 radical (unpaired) electrons. The average molecular weight is 431 g/mol. The zero-order chi connectivity index (χ0) is 19.4. The van der Waals surface area contributed by atoms with E-state index in [1.807, 2.05) is 31.2 Å². The van der Waals surface area contributed by atoms with Gasteiger partial charge in [0.1, 0.15) is 11.5 Å². The number of hydrogen-bond donors (Lipinski definition) is 1. The Morgan fingerprint density at radius 3 is 2.63 bits per heavy atom. The second kappa shape index (κ2) is 8.26. The van der Waals surface area contributed by atoms with Gasteiger partial charge in [-0.25, -0.2) is 0 Å². The van der Waals surface area contributed by atoms with Crippen molar-refractivity contribution in [1.29, 1.82) is 0 Å². The van der Waals surface area contributed by atoms with Gasteiger partial charge in [0.15, 0.2) is 11.5 Å². The van der Waals surface area contributed by atoms with Crippen molar-refractivity contribution in [1.82, 2.24) is 10.5 Å². The van der Waals surface area contributed by atoms with Crippen LogP contribution in [0, 0.1) is 0 Å². The van der Waals surface area contributed by atoms with Gasteiger partial charge < -0.3 is 19.3 Å². The summed E-state index contributed by atoms with van der Waals surface area (Å²) in [7, 11) is 3.14. The van der Waals surface area contributed by atoms with Crippen LogP contribution in [-0.2, 0) is 0 Å². The van der Waals surface area contributed by atoms with Gasteiger partial charge in [-0.05, 0) is 36.8 Å². The van der Waals surface area contributed by atoms with E-state index in [1.54, 1.807) is 38.5 Å².